The molecule has 0 saturated heterocycles. The Hall–Kier alpha value is -2.87. The fourth-order valence-corrected chi connectivity index (χ4v) is 5.18. The predicted molar refractivity (Wildman–Crippen MR) is 110 cm³/mol. The van der Waals surface area contributed by atoms with Gasteiger partial charge in [0.05, 0.1) is 18.3 Å². The molecule has 2 aromatic heterocycles. The number of para-hydroxylation sites is 2. The second kappa shape index (κ2) is 7.18. The summed E-state index contributed by atoms with van der Waals surface area (Å²) in [5.74, 6) is 1.23. The van der Waals surface area contributed by atoms with Crippen molar-refractivity contribution in [3.05, 3.63) is 51.4 Å². The van der Waals surface area contributed by atoms with Crippen molar-refractivity contribution in [3.8, 4) is 11.5 Å². The number of aryl methyl sites for hydroxylation is 2. The lowest BCUT2D eigenvalue weighted by Gasteiger charge is -2.29. The van der Waals surface area contributed by atoms with Crippen LogP contribution < -0.4 is 15.0 Å². The zero-order valence-corrected chi connectivity index (χ0v) is 16.9. The van der Waals surface area contributed by atoms with Crippen molar-refractivity contribution in [2.45, 2.75) is 31.9 Å². The molecule has 0 fully saturated rings. The molecule has 29 heavy (non-hydrogen) atoms. The van der Waals surface area contributed by atoms with E-state index in [4.69, 9.17) is 9.47 Å². The van der Waals surface area contributed by atoms with E-state index in [1.165, 1.54) is 15.8 Å². The van der Waals surface area contributed by atoms with E-state index < -0.39 is 0 Å². The van der Waals surface area contributed by atoms with E-state index >= 15 is 0 Å². The number of nitrogens with zero attached hydrogens (tertiary/aromatic N) is 3. The van der Waals surface area contributed by atoms with Crippen LogP contribution >= 0.6 is 11.3 Å². The Balaban J connectivity index is 1.29. The van der Waals surface area contributed by atoms with Crippen LogP contribution in [0, 0.1) is 0 Å². The molecule has 8 heteroatoms. The van der Waals surface area contributed by atoms with Gasteiger partial charge >= 0.3 is 0 Å². The molecule has 0 bridgehead atoms. The van der Waals surface area contributed by atoms with Gasteiger partial charge in [-0.3, -0.25) is 14.2 Å². The molecule has 1 aromatic carbocycles. The number of hydrogen-bond donors (Lipinski definition) is 0. The predicted octanol–water partition coefficient (Wildman–Crippen LogP) is 2.25. The maximum absolute atomic E-state index is 12.9. The maximum atomic E-state index is 12.9. The maximum Gasteiger partial charge on any atom is 0.262 e. The molecule has 7 nitrogen and oxygen atoms in total. The summed E-state index contributed by atoms with van der Waals surface area (Å²) in [6, 6.07) is 7.49. The van der Waals surface area contributed by atoms with Crippen molar-refractivity contribution >= 4 is 27.5 Å². The Morgan fingerprint density at radius 1 is 1.31 bits per heavy atom. The standard InChI is InChI=1S/C21H21N3O4S/c1-23(9-13-11-27-15-6-2-3-7-16(15)28-13)18(25)10-24-12-22-20-19(21(24)26)14-5-4-8-17(14)29-20/h2-3,6-7,12-13H,4-5,8-11H2,1H3/t13-/m1/s1. The topological polar surface area (TPSA) is 73.7 Å². The largest absolute Gasteiger partial charge is 0.486 e. The fraction of sp³-hybridized carbons (Fsp3) is 0.381. The van der Waals surface area contributed by atoms with Gasteiger partial charge in [-0.05, 0) is 37.0 Å². The smallest absolute Gasteiger partial charge is 0.262 e. The SMILES string of the molecule is CN(C[C@@H]1COc2ccccc2O1)C(=O)Cn1cnc2sc3c(c2c1=O)CCC3. The molecule has 0 unspecified atom stereocenters. The molecular weight excluding hydrogens is 390 g/mol. The molecule has 3 heterocycles. The number of likely N-dealkylation sites (N-methyl/N-ethyl adjacent to an activating group) is 1. The minimum Gasteiger partial charge on any atom is -0.486 e. The molecule has 1 amide bonds. The molecule has 5 rings (SSSR count). The van der Waals surface area contributed by atoms with Crippen LogP contribution in [0.25, 0.3) is 10.2 Å². The second-order valence-corrected chi connectivity index (χ2v) is 8.57. The summed E-state index contributed by atoms with van der Waals surface area (Å²) in [6.45, 7) is 0.724. The molecule has 0 radical (unpaired) electrons. The van der Waals surface area contributed by atoms with E-state index in [1.54, 1.807) is 23.3 Å². The van der Waals surface area contributed by atoms with Crippen LogP contribution in [0.3, 0.4) is 0 Å². The molecule has 2 aliphatic rings. The Kier molecular flexibility index (Phi) is 4.50. The zero-order valence-electron chi connectivity index (χ0n) is 16.1. The average Bonchev–Trinajstić information content (AvgIpc) is 3.31. The van der Waals surface area contributed by atoms with E-state index in [-0.39, 0.29) is 24.1 Å². The first-order valence-electron chi connectivity index (χ1n) is 9.72. The van der Waals surface area contributed by atoms with Crippen LogP contribution in [-0.2, 0) is 24.2 Å². The molecule has 0 saturated carbocycles. The third kappa shape index (κ3) is 3.27. The number of carbonyl (C=O) groups is 1. The van der Waals surface area contributed by atoms with Crippen molar-refractivity contribution in [2.75, 3.05) is 20.2 Å². The second-order valence-electron chi connectivity index (χ2n) is 7.49. The third-order valence-electron chi connectivity index (χ3n) is 5.47. The number of aromatic nitrogens is 2. The summed E-state index contributed by atoms with van der Waals surface area (Å²) in [6.07, 6.45) is 4.25. The fourth-order valence-electron chi connectivity index (χ4n) is 3.96. The zero-order chi connectivity index (χ0) is 20.0. The molecule has 1 atom stereocenters. The van der Waals surface area contributed by atoms with Gasteiger partial charge in [0, 0.05) is 11.9 Å². The van der Waals surface area contributed by atoms with Gasteiger partial charge in [-0.1, -0.05) is 12.1 Å². The molecular formula is C21H21N3O4S. The number of hydrogen-bond acceptors (Lipinski definition) is 6. The minimum atomic E-state index is -0.253. The monoisotopic (exact) mass is 411 g/mol. The Labute approximate surface area is 171 Å². The first kappa shape index (κ1) is 18.2. The molecule has 0 spiro atoms. The van der Waals surface area contributed by atoms with Gasteiger partial charge in [0.1, 0.15) is 18.0 Å². The van der Waals surface area contributed by atoms with E-state index in [9.17, 15) is 9.59 Å². The van der Waals surface area contributed by atoms with Gasteiger partial charge in [0.2, 0.25) is 5.91 Å². The highest BCUT2D eigenvalue weighted by atomic mass is 32.1. The highest BCUT2D eigenvalue weighted by Gasteiger charge is 2.25. The van der Waals surface area contributed by atoms with Crippen LogP contribution in [0.15, 0.2) is 35.4 Å². The van der Waals surface area contributed by atoms with Crippen molar-refractivity contribution in [3.63, 3.8) is 0 Å². The Morgan fingerprint density at radius 2 is 2.14 bits per heavy atom. The van der Waals surface area contributed by atoms with E-state index in [1.807, 2.05) is 24.3 Å². The number of thiophene rings is 1. The molecule has 1 aliphatic carbocycles. The summed E-state index contributed by atoms with van der Waals surface area (Å²) in [5.41, 5.74) is 1.01. The van der Waals surface area contributed by atoms with Gasteiger partial charge in [-0.25, -0.2) is 4.98 Å². The molecule has 0 N–H and O–H groups in total. The van der Waals surface area contributed by atoms with Crippen molar-refractivity contribution in [2.24, 2.45) is 0 Å². The third-order valence-corrected chi connectivity index (χ3v) is 6.67. The van der Waals surface area contributed by atoms with Crippen molar-refractivity contribution in [1.29, 1.82) is 0 Å². The van der Waals surface area contributed by atoms with Crippen LogP contribution in [0.2, 0.25) is 0 Å². The average molecular weight is 411 g/mol. The van der Waals surface area contributed by atoms with Gasteiger partial charge < -0.3 is 14.4 Å². The van der Waals surface area contributed by atoms with Gasteiger partial charge in [-0.2, -0.15) is 0 Å². The van der Waals surface area contributed by atoms with Crippen molar-refractivity contribution in [1.82, 2.24) is 14.5 Å². The summed E-state index contributed by atoms with van der Waals surface area (Å²) in [5, 5.41) is 0.695. The lowest BCUT2D eigenvalue weighted by atomic mass is 10.2. The number of ether oxygens (including phenoxy) is 2. The van der Waals surface area contributed by atoms with Crippen molar-refractivity contribution < 1.29 is 14.3 Å². The minimum absolute atomic E-state index is 0.0347. The van der Waals surface area contributed by atoms with E-state index in [0.717, 1.165) is 29.7 Å². The number of amides is 1. The number of rotatable bonds is 4. The lowest BCUT2D eigenvalue weighted by Crippen LogP contribution is -2.43. The van der Waals surface area contributed by atoms with Crippen LogP contribution in [0.4, 0.5) is 0 Å². The number of benzene rings is 1. The first-order valence-corrected chi connectivity index (χ1v) is 10.5. The quantitative estimate of drug-likeness (QED) is 0.658. The Morgan fingerprint density at radius 3 is 3.00 bits per heavy atom. The van der Waals surface area contributed by atoms with Gasteiger partial charge in [-0.15, -0.1) is 11.3 Å². The molecule has 1 aliphatic heterocycles. The molecule has 3 aromatic rings. The van der Waals surface area contributed by atoms with E-state index in [0.29, 0.717) is 30.0 Å². The summed E-state index contributed by atoms with van der Waals surface area (Å²) < 4.78 is 13.1. The number of carbonyl (C=O) groups excluding carboxylic acids is 1. The highest BCUT2D eigenvalue weighted by Crippen LogP contribution is 2.34. The first-order chi connectivity index (χ1) is 14.1. The summed E-state index contributed by atoms with van der Waals surface area (Å²) in [4.78, 5) is 33.7. The van der Waals surface area contributed by atoms with Gasteiger partial charge in [0.25, 0.3) is 5.56 Å². The van der Waals surface area contributed by atoms with Crippen LogP contribution in [0.1, 0.15) is 16.9 Å². The number of fused-ring (bicyclic) bond motifs is 4. The highest BCUT2D eigenvalue weighted by molar-refractivity contribution is 7.18. The normalized spacial score (nSPS) is 17.3. The van der Waals surface area contributed by atoms with Crippen LogP contribution in [-0.4, -0.2) is 46.7 Å². The summed E-state index contributed by atoms with van der Waals surface area (Å²) in [7, 11) is 1.71. The van der Waals surface area contributed by atoms with Crippen LogP contribution in [0.5, 0.6) is 11.5 Å². The summed E-state index contributed by atoms with van der Waals surface area (Å²) >= 11 is 1.60. The molecule has 150 valence electrons. The van der Waals surface area contributed by atoms with Gasteiger partial charge in [0.15, 0.2) is 17.6 Å². The Bertz CT molecular complexity index is 1150. The lowest BCUT2D eigenvalue weighted by molar-refractivity contribution is -0.132. The van der Waals surface area contributed by atoms with E-state index in [2.05, 4.69) is 4.98 Å².